The van der Waals surface area contributed by atoms with Crippen LogP contribution in [0.3, 0.4) is 0 Å². The quantitative estimate of drug-likeness (QED) is 0.878. The van der Waals surface area contributed by atoms with Crippen LogP contribution in [0, 0.1) is 0 Å². The largest absolute Gasteiger partial charge is 0.461 e. The van der Waals surface area contributed by atoms with Gasteiger partial charge in [0, 0.05) is 5.69 Å². The van der Waals surface area contributed by atoms with Gasteiger partial charge in [-0.1, -0.05) is 6.07 Å². The number of anilines is 1. The number of hydrogen-bond donors (Lipinski definition) is 2. The van der Waals surface area contributed by atoms with Gasteiger partial charge in [-0.25, -0.2) is 4.79 Å². The zero-order valence-electron chi connectivity index (χ0n) is 10.4. The number of carbonyl (C=O) groups excluding carboxylic acids is 2. The molecule has 0 bridgehead atoms. The van der Waals surface area contributed by atoms with E-state index in [9.17, 15) is 22.8 Å². The number of imide groups is 1. The number of ether oxygens (including phenoxy) is 2. The van der Waals surface area contributed by atoms with Gasteiger partial charge in [-0.3, -0.25) is 10.1 Å². The highest BCUT2D eigenvalue weighted by Crippen LogP contribution is 2.30. The molecule has 112 valence electrons. The Kier molecular flexibility index (Phi) is 4.01. The van der Waals surface area contributed by atoms with E-state index in [0.717, 1.165) is 24.5 Å². The number of amides is 3. The number of benzene rings is 1. The Labute approximate surface area is 116 Å². The minimum atomic E-state index is -4.52. The summed E-state index contributed by atoms with van der Waals surface area (Å²) in [7, 11) is 0. The van der Waals surface area contributed by atoms with Crippen molar-refractivity contribution in [1.29, 1.82) is 0 Å². The van der Waals surface area contributed by atoms with Crippen molar-refractivity contribution in [1.82, 2.24) is 5.32 Å². The van der Waals surface area contributed by atoms with Gasteiger partial charge in [-0.05, 0) is 18.2 Å². The predicted molar refractivity (Wildman–Crippen MR) is 63.7 cm³/mol. The van der Waals surface area contributed by atoms with Gasteiger partial charge in [0.05, 0.1) is 5.56 Å². The van der Waals surface area contributed by atoms with Gasteiger partial charge in [0.1, 0.15) is 6.26 Å². The van der Waals surface area contributed by atoms with E-state index in [2.05, 4.69) is 10.1 Å². The molecule has 0 unspecified atom stereocenters. The van der Waals surface area contributed by atoms with Gasteiger partial charge in [0.25, 0.3) is 5.91 Å². The summed E-state index contributed by atoms with van der Waals surface area (Å²) < 4.78 is 46.9. The summed E-state index contributed by atoms with van der Waals surface area (Å²) in [4.78, 5) is 22.9. The smallest absolute Gasteiger partial charge is 0.416 e. The lowest BCUT2D eigenvalue weighted by atomic mass is 10.2. The fourth-order valence-electron chi connectivity index (χ4n) is 1.46. The number of alkyl halides is 3. The van der Waals surface area contributed by atoms with Crippen LogP contribution in [0.2, 0.25) is 0 Å². The molecule has 0 aliphatic carbocycles. The summed E-state index contributed by atoms with van der Waals surface area (Å²) in [5.41, 5.74) is -1.02. The summed E-state index contributed by atoms with van der Waals surface area (Å²) in [6, 6.07) is 3.02. The van der Waals surface area contributed by atoms with Crippen LogP contribution >= 0.6 is 0 Å². The highest BCUT2D eigenvalue weighted by atomic mass is 19.4. The van der Waals surface area contributed by atoms with Crippen molar-refractivity contribution in [2.45, 2.75) is 6.18 Å². The highest BCUT2D eigenvalue weighted by molar-refractivity contribution is 6.06. The topological polar surface area (TPSA) is 76.7 Å². The van der Waals surface area contributed by atoms with Crippen molar-refractivity contribution in [3.63, 3.8) is 0 Å². The van der Waals surface area contributed by atoms with E-state index in [4.69, 9.17) is 4.74 Å². The van der Waals surface area contributed by atoms with Crippen LogP contribution in [0.1, 0.15) is 5.56 Å². The molecule has 0 atom stereocenters. The zero-order valence-corrected chi connectivity index (χ0v) is 10.4. The van der Waals surface area contributed by atoms with Gasteiger partial charge < -0.3 is 14.8 Å². The molecule has 0 aromatic heterocycles. The maximum absolute atomic E-state index is 12.5. The van der Waals surface area contributed by atoms with Crippen LogP contribution in [0.15, 0.2) is 36.3 Å². The molecular weight excluding hydrogens is 293 g/mol. The summed E-state index contributed by atoms with van der Waals surface area (Å²) in [5.74, 6) is -1.06. The lowest BCUT2D eigenvalue weighted by Crippen LogP contribution is -2.35. The molecule has 1 aromatic carbocycles. The Balaban J connectivity index is 1.98. The minimum absolute atomic E-state index is 0.104. The fourth-order valence-corrected chi connectivity index (χ4v) is 1.46. The predicted octanol–water partition coefficient (Wildman–Crippen LogP) is 2.20. The lowest BCUT2D eigenvalue weighted by Gasteiger charge is -2.10. The Hall–Kier alpha value is -2.71. The number of hydrogen-bond acceptors (Lipinski definition) is 4. The summed E-state index contributed by atoms with van der Waals surface area (Å²) in [6.07, 6.45) is -3.50. The molecule has 3 amide bonds. The molecule has 6 nitrogen and oxygen atoms in total. The van der Waals surface area contributed by atoms with E-state index in [1.165, 1.54) is 6.07 Å². The van der Waals surface area contributed by atoms with Crippen molar-refractivity contribution in [3.8, 4) is 0 Å². The van der Waals surface area contributed by atoms with Crippen LogP contribution in [-0.4, -0.2) is 18.7 Å². The normalized spacial score (nSPS) is 13.8. The third kappa shape index (κ3) is 3.88. The average molecular weight is 302 g/mol. The molecule has 2 rings (SSSR count). The molecule has 1 heterocycles. The van der Waals surface area contributed by atoms with Crippen molar-refractivity contribution in [3.05, 3.63) is 41.9 Å². The van der Waals surface area contributed by atoms with Crippen LogP contribution in [-0.2, 0) is 20.4 Å². The summed E-state index contributed by atoms with van der Waals surface area (Å²) in [6.45, 7) is -0.141. The van der Waals surface area contributed by atoms with Gasteiger partial charge in [-0.2, -0.15) is 13.2 Å². The van der Waals surface area contributed by atoms with Crippen LogP contribution in [0.5, 0.6) is 0 Å². The zero-order chi connectivity index (χ0) is 15.5. The van der Waals surface area contributed by atoms with E-state index < -0.39 is 23.7 Å². The number of carbonyl (C=O) groups is 2. The van der Waals surface area contributed by atoms with E-state index in [0.29, 0.717) is 0 Å². The third-order valence-corrected chi connectivity index (χ3v) is 2.37. The average Bonchev–Trinajstić information content (AvgIpc) is 2.91. The second kappa shape index (κ2) is 5.73. The van der Waals surface area contributed by atoms with Crippen molar-refractivity contribution in [2.75, 3.05) is 12.1 Å². The van der Waals surface area contributed by atoms with E-state index in [-0.39, 0.29) is 18.2 Å². The van der Waals surface area contributed by atoms with Gasteiger partial charge in [0.2, 0.25) is 12.6 Å². The van der Waals surface area contributed by atoms with Gasteiger partial charge in [-0.15, -0.1) is 0 Å². The monoisotopic (exact) mass is 302 g/mol. The number of halogens is 3. The summed E-state index contributed by atoms with van der Waals surface area (Å²) in [5, 5.41) is 4.00. The molecule has 0 spiro atoms. The molecule has 0 fully saturated rings. The molecule has 0 saturated heterocycles. The van der Waals surface area contributed by atoms with E-state index in [1.54, 1.807) is 0 Å². The second-order valence-electron chi connectivity index (χ2n) is 3.90. The standard InChI is InChI=1S/C12H9F3N2O4/c13-12(14,15)7-2-1-3-8(4-7)16-11(19)17-10(18)9-5-20-6-21-9/h1-5H,6H2,(H2,16,17,18,19). The number of nitrogens with one attached hydrogen (secondary N) is 2. The highest BCUT2D eigenvalue weighted by Gasteiger charge is 2.30. The Morgan fingerprint density at radius 2 is 2.00 bits per heavy atom. The van der Waals surface area contributed by atoms with Gasteiger partial charge >= 0.3 is 12.2 Å². The SMILES string of the molecule is O=C(NC(=O)C1=COCO1)Nc1cccc(C(F)(F)F)c1. The molecule has 1 aromatic rings. The number of urea groups is 1. The molecule has 21 heavy (non-hydrogen) atoms. The lowest BCUT2D eigenvalue weighted by molar-refractivity contribution is -0.137. The first kappa shape index (κ1) is 14.7. The molecule has 1 aliphatic rings. The molecule has 1 aliphatic heterocycles. The first-order valence-corrected chi connectivity index (χ1v) is 5.60. The molecule has 9 heteroatoms. The van der Waals surface area contributed by atoms with E-state index in [1.807, 2.05) is 5.32 Å². The van der Waals surface area contributed by atoms with Crippen molar-refractivity contribution >= 4 is 17.6 Å². The first-order valence-electron chi connectivity index (χ1n) is 5.60. The van der Waals surface area contributed by atoms with Crippen LogP contribution < -0.4 is 10.6 Å². The Morgan fingerprint density at radius 1 is 1.24 bits per heavy atom. The Morgan fingerprint density at radius 3 is 2.62 bits per heavy atom. The first-order chi connectivity index (χ1) is 9.86. The minimum Gasteiger partial charge on any atom is -0.461 e. The van der Waals surface area contributed by atoms with Crippen molar-refractivity contribution < 1.29 is 32.2 Å². The summed E-state index contributed by atoms with van der Waals surface area (Å²) >= 11 is 0. The molecule has 2 N–H and O–H groups in total. The number of rotatable bonds is 2. The molecule has 0 saturated carbocycles. The van der Waals surface area contributed by atoms with Crippen LogP contribution in [0.25, 0.3) is 0 Å². The second-order valence-corrected chi connectivity index (χ2v) is 3.90. The molecular formula is C12H9F3N2O4. The third-order valence-electron chi connectivity index (χ3n) is 2.37. The molecule has 0 radical (unpaired) electrons. The fraction of sp³-hybridized carbons (Fsp3) is 0.167. The van der Waals surface area contributed by atoms with E-state index >= 15 is 0 Å². The Bertz CT molecular complexity index is 598. The maximum Gasteiger partial charge on any atom is 0.416 e. The maximum atomic E-state index is 12.5. The van der Waals surface area contributed by atoms with Gasteiger partial charge in [0.15, 0.2) is 0 Å². The van der Waals surface area contributed by atoms with Crippen LogP contribution in [0.4, 0.5) is 23.7 Å². The van der Waals surface area contributed by atoms with Crippen molar-refractivity contribution in [2.24, 2.45) is 0 Å².